The van der Waals surface area contributed by atoms with Crippen molar-refractivity contribution in [2.75, 3.05) is 26.7 Å². The summed E-state index contributed by atoms with van der Waals surface area (Å²) in [4.78, 5) is 8.52. The van der Waals surface area contributed by atoms with Gasteiger partial charge in [0.15, 0.2) is 0 Å². The lowest BCUT2D eigenvalue weighted by Crippen LogP contribution is -2.42. The first kappa shape index (κ1) is 18.3. The van der Waals surface area contributed by atoms with Crippen molar-refractivity contribution in [1.82, 2.24) is 24.6 Å². The number of piperidine rings is 1. The van der Waals surface area contributed by atoms with Crippen LogP contribution in [0.2, 0.25) is 0 Å². The zero-order valence-electron chi connectivity index (χ0n) is 16.7. The lowest BCUT2D eigenvalue weighted by atomic mass is 9.85. The molecule has 0 saturated carbocycles. The van der Waals surface area contributed by atoms with Crippen LogP contribution >= 0.6 is 0 Å². The molecule has 0 amide bonds. The van der Waals surface area contributed by atoms with Crippen LogP contribution in [0, 0.1) is 5.92 Å². The SMILES string of the molecule is CCN1CCC[C@@H](CN(C)Cc2cccc3cc[nH]c23)[C@@H]1c1cnn(C)c1. The lowest BCUT2D eigenvalue weighted by molar-refractivity contribution is 0.0750. The summed E-state index contributed by atoms with van der Waals surface area (Å²) in [5.74, 6) is 0.635. The average Bonchev–Trinajstić information content (AvgIpc) is 3.31. The third kappa shape index (κ3) is 3.80. The van der Waals surface area contributed by atoms with Crippen LogP contribution in [0.15, 0.2) is 42.9 Å². The van der Waals surface area contributed by atoms with Crippen molar-refractivity contribution < 1.29 is 0 Å². The molecule has 3 heterocycles. The van der Waals surface area contributed by atoms with Gasteiger partial charge in [0.1, 0.15) is 0 Å². The van der Waals surface area contributed by atoms with Crippen molar-refractivity contribution in [3.63, 3.8) is 0 Å². The van der Waals surface area contributed by atoms with Gasteiger partial charge in [0.2, 0.25) is 0 Å². The number of para-hydroxylation sites is 1. The number of hydrogen-bond donors (Lipinski definition) is 1. The van der Waals surface area contributed by atoms with Crippen LogP contribution in [0.1, 0.15) is 36.9 Å². The highest BCUT2D eigenvalue weighted by atomic mass is 15.3. The highest BCUT2D eigenvalue weighted by Gasteiger charge is 2.33. The molecular weight excluding hydrogens is 334 g/mol. The second-order valence-electron chi connectivity index (χ2n) is 7.98. The van der Waals surface area contributed by atoms with E-state index in [2.05, 4.69) is 70.5 Å². The number of nitrogens with zero attached hydrogens (tertiary/aromatic N) is 4. The van der Waals surface area contributed by atoms with Crippen molar-refractivity contribution in [2.24, 2.45) is 13.0 Å². The Morgan fingerprint density at radius 3 is 2.96 bits per heavy atom. The van der Waals surface area contributed by atoms with Crippen molar-refractivity contribution >= 4 is 10.9 Å². The number of H-pyrrole nitrogens is 1. The Morgan fingerprint density at radius 2 is 2.19 bits per heavy atom. The van der Waals surface area contributed by atoms with Crippen LogP contribution < -0.4 is 0 Å². The molecule has 1 fully saturated rings. The molecule has 0 spiro atoms. The first-order chi connectivity index (χ1) is 13.2. The Bertz CT molecular complexity index is 880. The minimum atomic E-state index is 0.473. The van der Waals surface area contributed by atoms with Crippen LogP contribution in [0.4, 0.5) is 0 Å². The van der Waals surface area contributed by atoms with Crippen LogP contribution in [0.25, 0.3) is 10.9 Å². The van der Waals surface area contributed by atoms with E-state index in [-0.39, 0.29) is 0 Å². The van der Waals surface area contributed by atoms with Crippen molar-refractivity contribution in [1.29, 1.82) is 0 Å². The number of fused-ring (bicyclic) bond motifs is 1. The summed E-state index contributed by atoms with van der Waals surface area (Å²) in [6, 6.07) is 9.21. The van der Waals surface area contributed by atoms with E-state index in [1.807, 2.05) is 17.9 Å². The second-order valence-corrected chi connectivity index (χ2v) is 7.98. The van der Waals surface area contributed by atoms with E-state index in [9.17, 15) is 0 Å². The van der Waals surface area contributed by atoms with Crippen molar-refractivity contribution in [3.05, 3.63) is 54.0 Å². The molecule has 5 heteroatoms. The van der Waals surface area contributed by atoms with E-state index in [4.69, 9.17) is 0 Å². The fraction of sp³-hybridized carbons (Fsp3) is 0.500. The summed E-state index contributed by atoms with van der Waals surface area (Å²) in [6.45, 7) is 6.65. The maximum Gasteiger partial charge on any atom is 0.0537 e. The summed E-state index contributed by atoms with van der Waals surface area (Å²) in [7, 11) is 4.27. The molecule has 27 heavy (non-hydrogen) atoms. The number of aromatic amines is 1. The maximum absolute atomic E-state index is 4.44. The Labute approximate surface area is 162 Å². The molecule has 0 bridgehead atoms. The molecular formula is C22H31N5. The van der Waals surface area contributed by atoms with Gasteiger partial charge in [-0.3, -0.25) is 9.58 Å². The third-order valence-electron chi connectivity index (χ3n) is 5.99. The Kier molecular flexibility index (Phi) is 5.32. The first-order valence-electron chi connectivity index (χ1n) is 10.1. The number of likely N-dealkylation sites (tertiary alicyclic amines) is 1. The van der Waals surface area contributed by atoms with Gasteiger partial charge >= 0.3 is 0 Å². The normalized spacial score (nSPS) is 21.3. The monoisotopic (exact) mass is 365 g/mol. The van der Waals surface area contributed by atoms with Gasteiger partial charge in [-0.05, 0) is 55.9 Å². The van der Waals surface area contributed by atoms with Gasteiger partial charge in [-0.25, -0.2) is 0 Å². The van der Waals surface area contributed by atoms with Gasteiger partial charge in [0.05, 0.1) is 6.20 Å². The van der Waals surface area contributed by atoms with E-state index >= 15 is 0 Å². The number of aromatic nitrogens is 3. The summed E-state index contributed by atoms with van der Waals surface area (Å²) in [5.41, 5.74) is 4.01. The van der Waals surface area contributed by atoms with Gasteiger partial charge in [0.25, 0.3) is 0 Å². The van der Waals surface area contributed by atoms with Crippen LogP contribution in [-0.4, -0.2) is 51.2 Å². The lowest BCUT2D eigenvalue weighted by Gasteiger charge is -2.42. The summed E-state index contributed by atoms with van der Waals surface area (Å²) in [6.07, 6.45) is 8.87. The Hall–Kier alpha value is -2.11. The third-order valence-corrected chi connectivity index (χ3v) is 5.99. The van der Waals surface area contributed by atoms with Gasteiger partial charge in [-0.15, -0.1) is 0 Å². The van der Waals surface area contributed by atoms with Crippen LogP contribution in [0.3, 0.4) is 0 Å². The van der Waals surface area contributed by atoms with E-state index in [0.717, 1.165) is 19.6 Å². The maximum atomic E-state index is 4.44. The minimum absolute atomic E-state index is 0.473. The molecule has 1 aliphatic rings. The first-order valence-corrected chi connectivity index (χ1v) is 10.1. The van der Waals surface area contributed by atoms with Gasteiger partial charge in [-0.1, -0.05) is 25.1 Å². The van der Waals surface area contributed by atoms with Gasteiger partial charge < -0.3 is 9.88 Å². The molecule has 1 saturated heterocycles. The molecule has 144 valence electrons. The zero-order valence-corrected chi connectivity index (χ0v) is 16.7. The number of benzene rings is 1. The highest BCUT2D eigenvalue weighted by molar-refractivity contribution is 5.82. The zero-order chi connectivity index (χ0) is 18.8. The molecule has 0 aliphatic carbocycles. The smallest absolute Gasteiger partial charge is 0.0537 e. The predicted octanol–water partition coefficient (Wildman–Crippen LogP) is 3.81. The van der Waals surface area contributed by atoms with E-state index in [1.165, 1.54) is 41.4 Å². The van der Waals surface area contributed by atoms with Crippen molar-refractivity contribution in [3.8, 4) is 0 Å². The van der Waals surface area contributed by atoms with Gasteiger partial charge in [-0.2, -0.15) is 5.10 Å². The van der Waals surface area contributed by atoms with Crippen molar-refractivity contribution in [2.45, 2.75) is 32.4 Å². The molecule has 1 N–H and O–H groups in total. The van der Waals surface area contributed by atoms with Gasteiger partial charge in [0, 0.05) is 49.7 Å². The fourth-order valence-electron chi connectivity index (χ4n) is 4.81. The highest BCUT2D eigenvalue weighted by Crippen LogP contribution is 2.36. The molecule has 5 nitrogen and oxygen atoms in total. The molecule has 2 atom stereocenters. The molecule has 0 unspecified atom stereocenters. The fourth-order valence-corrected chi connectivity index (χ4v) is 4.81. The average molecular weight is 366 g/mol. The molecule has 2 aromatic heterocycles. The molecule has 0 radical (unpaired) electrons. The molecule has 1 aliphatic heterocycles. The molecule has 3 aromatic rings. The predicted molar refractivity (Wildman–Crippen MR) is 111 cm³/mol. The Balaban J connectivity index is 1.51. The summed E-state index contributed by atoms with van der Waals surface area (Å²) < 4.78 is 1.94. The van der Waals surface area contributed by atoms with E-state index < -0.39 is 0 Å². The largest absolute Gasteiger partial charge is 0.361 e. The second kappa shape index (κ2) is 7.87. The quantitative estimate of drug-likeness (QED) is 0.722. The number of hydrogen-bond acceptors (Lipinski definition) is 3. The molecule has 1 aromatic carbocycles. The minimum Gasteiger partial charge on any atom is -0.361 e. The Morgan fingerprint density at radius 1 is 1.30 bits per heavy atom. The number of aryl methyl sites for hydroxylation is 1. The standard InChI is InChI=1S/C22H31N5/c1-4-27-12-6-9-19(22(27)20-13-24-26(3)16-20)15-25(2)14-18-8-5-7-17-10-11-23-21(17)18/h5,7-8,10-11,13,16,19,22-23H,4,6,9,12,14-15H2,1-3H3/t19-,22+/m0/s1. The summed E-state index contributed by atoms with van der Waals surface area (Å²) >= 11 is 0. The molecule has 4 rings (SSSR count). The summed E-state index contributed by atoms with van der Waals surface area (Å²) in [5, 5.41) is 5.74. The van der Waals surface area contributed by atoms with Crippen LogP contribution in [-0.2, 0) is 13.6 Å². The van der Waals surface area contributed by atoms with E-state index in [0.29, 0.717) is 12.0 Å². The number of rotatable bonds is 6. The topological polar surface area (TPSA) is 40.1 Å². The van der Waals surface area contributed by atoms with Crippen LogP contribution in [0.5, 0.6) is 0 Å². The number of nitrogens with one attached hydrogen (secondary N) is 1. The van der Waals surface area contributed by atoms with E-state index in [1.54, 1.807) is 0 Å².